The summed E-state index contributed by atoms with van der Waals surface area (Å²) in [5, 5.41) is 0. The van der Waals surface area contributed by atoms with E-state index in [1.54, 1.807) is 36.9 Å². The number of ketones is 1. The largest absolute Gasteiger partial charge is 0.476 e. The number of likely N-dealkylation sites (tertiary alicyclic amines) is 1. The number of Topliss-reactive ketones (excluding diaryl/α,β-unsaturated/α-hetero) is 1. The lowest BCUT2D eigenvalue weighted by molar-refractivity contribution is -0.136. The maximum Gasteiger partial charge on any atom is 0.271 e. The van der Waals surface area contributed by atoms with Gasteiger partial charge in [0.25, 0.3) is 5.91 Å². The van der Waals surface area contributed by atoms with Crippen molar-refractivity contribution in [1.29, 1.82) is 0 Å². The highest BCUT2D eigenvalue weighted by Gasteiger charge is 2.42. The highest BCUT2D eigenvalue weighted by Crippen LogP contribution is 2.38. The minimum Gasteiger partial charge on any atom is -0.476 e. The molecule has 2 aliphatic rings. The SMILES string of the molecule is CC(=O)c1ccc2c(c1)N(CC(=O)N1CCCC1)C(=O)C(C)(C)O2. The van der Waals surface area contributed by atoms with Crippen LogP contribution in [0.3, 0.4) is 0 Å². The van der Waals surface area contributed by atoms with E-state index < -0.39 is 5.60 Å². The fourth-order valence-corrected chi connectivity index (χ4v) is 3.15. The van der Waals surface area contributed by atoms with Gasteiger partial charge in [0.05, 0.1) is 5.69 Å². The van der Waals surface area contributed by atoms with Gasteiger partial charge >= 0.3 is 0 Å². The van der Waals surface area contributed by atoms with Crippen molar-refractivity contribution in [1.82, 2.24) is 4.90 Å². The molecule has 1 aromatic rings. The van der Waals surface area contributed by atoms with Gasteiger partial charge in [-0.15, -0.1) is 0 Å². The molecular formula is C18H22N2O4. The Morgan fingerprint density at radius 3 is 2.50 bits per heavy atom. The van der Waals surface area contributed by atoms with E-state index in [1.807, 2.05) is 0 Å². The fraction of sp³-hybridized carbons (Fsp3) is 0.500. The maximum absolute atomic E-state index is 12.8. The standard InChI is InChI=1S/C18H22N2O4/c1-12(21)13-6-7-15-14(10-13)20(17(23)18(2,3)24-15)11-16(22)19-8-4-5-9-19/h6-7,10H,4-5,8-9,11H2,1-3H3. The molecule has 0 bridgehead atoms. The molecule has 0 saturated carbocycles. The van der Waals surface area contributed by atoms with Crippen LogP contribution in [0.25, 0.3) is 0 Å². The first-order valence-electron chi connectivity index (χ1n) is 8.23. The first-order chi connectivity index (χ1) is 11.3. The Kier molecular flexibility index (Phi) is 4.07. The zero-order valence-corrected chi connectivity index (χ0v) is 14.3. The van der Waals surface area contributed by atoms with E-state index in [-0.39, 0.29) is 24.1 Å². The Morgan fingerprint density at radius 1 is 1.21 bits per heavy atom. The Balaban J connectivity index is 1.96. The van der Waals surface area contributed by atoms with Gasteiger partial charge in [-0.05, 0) is 51.8 Å². The van der Waals surface area contributed by atoms with Gasteiger partial charge in [0.2, 0.25) is 5.91 Å². The Hall–Kier alpha value is -2.37. The number of amides is 2. The molecule has 3 rings (SSSR count). The topological polar surface area (TPSA) is 66.9 Å². The number of carbonyl (C=O) groups excluding carboxylic acids is 3. The summed E-state index contributed by atoms with van der Waals surface area (Å²) in [4.78, 5) is 40.2. The third-order valence-electron chi connectivity index (χ3n) is 4.53. The van der Waals surface area contributed by atoms with E-state index >= 15 is 0 Å². The number of hydrogen-bond acceptors (Lipinski definition) is 4. The molecule has 0 radical (unpaired) electrons. The van der Waals surface area contributed by atoms with Crippen molar-refractivity contribution in [3.63, 3.8) is 0 Å². The normalized spacial score (nSPS) is 19.0. The molecule has 24 heavy (non-hydrogen) atoms. The van der Waals surface area contributed by atoms with Crippen LogP contribution >= 0.6 is 0 Å². The number of rotatable bonds is 3. The van der Waals surface area contributed by atoms with Crippen molar-refractivity contribution in [2.45, 2.75) is 39.2 Å². The van der Waals surface area contributed by atoms with Crippen molar-refractivity contribution in [2.24, 2.45) is 0 Å². The molecule has 0 unspecified atom stereocenters. The third kappa shape index (κ3) is 2.88. The van der Waals surface area contributed by atoms with Crippen LogP contribution in [0.4, 0.5) is 5.69 Å². The molecule has 0 aliphatic carbocycles. The van der Waals surface area contributed by atoms with E-state index in [0.29, 0.717) is 17.0 Å². The lowest BCUT2D eigenvalue weighted by Gasteiger charge is -2.39. The van der Waals surface area contributed by atoms with E-state index in [2.05, 4.69) is 0 Å². The summed E-state index contributed by atoms with van der Waals surface area (Å²) in [6, 6.07) is 4.99. The summed E-state index contributed by atoms with van der Waals surface area (Å²) in [6.45, 7) is 6.29. The number of carbonyl (C=O) groups is 3. The highest BCUT2D eigenvalue weighted by atomic mass is 16.5. The lowest BCUT2D eigenvalue weighted by Crippen LogP contribution is -2.55. The summed E-state index contributed by atoms with van der Waals surface area (Å²) in [5.74, 6) is 0.0701. The fourth-order valence-electron chi connectivity index (χ4n) is 3.15. The molecule has 0 spiro atoms. The number of anilines is 1. The first-order valence-corrected chi connectivity index (χ1v) is 8.23. The average molecular weight is 330 g/mol. The molecule has 2 amide bonds. The van der Waals surface area contributed by atoms with Crippen LogP contribution in [0.15, 0.2) is 18.2 Å². The summed E-state index contributed by atoms with van der Waals surface area (Å²) in [6.07, 6.45) is 2.00. The molecule has 2 heterocycles. The molecule has 128 valence electrons. The smallest absolute Gasteiger partial charge is 0.271 e. The Labute approximate surface area is 141 Å². The van der Waals surface area contributed by atoms with Gasteiger partial charge in [-0.1, -0.05) is 0 Å². The predicted molar refractivity (Wildman–Crippen MR) is 89.3 cm³/mol. The molecular weight excluding hydrogens is 308 g/mol. The van der Waals surface area contributed by atoms with E-state index in [1.165, 1.54) is 11.8 Å². The van der Waals surface area contributed by atoms with Crippen molar-refractivity contribution in [3.05, 3.63) is 23.8 Å². The van der Waals surface area contributed by atoms with Gasteiger partial charge in [-0.25, -0.2) is 0 Å². The third-order valence-corrected chi connectivity index (χ3v) is 4.53. The maximum atomic E-state index is 12.8. The monoisotopic (exact) mass is 330 g/mol. The minimum absolute atomic E-state index is 0.0278. The van der Waals surface area contributed by atoms with Crippen LogP contribution in [0.1, 0.15) is 44.0 Å². The summed E-state index contributed by atoms with van der Waals surface area (Å²) < 4.78 is 5.78. The number of hydrogen-bond donors (Lipinski definition) is 0. The second-order valence-corrected chi connectivity index (χ2v) is 6.83. The van der Waals surface area contributed by atoms with Crippen LogP contribution in [0, 0.1) is 0 Å². The number of nitrogens with zero attached hydrogens (tertiary/aromatic N) is 2. The molecule has 6 nitrogen and oxygen atoms in total. The molecule has 1 aromatic carbocycles. The van der Waals surface area contributed by atoms with E-state index in [9.17, 15) is 14.4 Å². The van der Waals surface area contributed by atoms with Gasteiger partial charge in [0.15, 0.2) is 11.4 Å². The van der Waals surface area contributed by atoms with Crippen LogP contribution < -0.4 is 9.64 Å². The van der Waals surface area contributed by atoms with Gasteiger partial charge in [-0.2, -0.15) is 0 Å². The van der Waals surface area contributed by atoms with Crippen LogP contribution in [0.5, 0.6) is 5.75 Å². The number of benzene rings is 1. The van der Waals surface area contributed by atoms with Gasteiger partial charge in [0, 0.05) is 18.7 Å². The van der Waals surface area contributed by atoms with E-state index in [0.717, 1.165) is 25.9 Å². The summed E-state index contributed by atoms with van der Waals surface area (Å²) >= 11 is 0. The highest BCUT2D eigenvalue weighted by molar-refractivity contribution is 6.07. The van der Waals surface area contributed by atoms with Crippen LogP contribution in [-0.4, -0.2) is 47.7 Å². The van der Waals surface area contributed by atoms with Gasteiger partial charge in [-0.3, -0.25) is 19.3 Å². The number of ether oxygens (including phenoxy) is 1. The van der Waals surface area contributed by atoms with Gasteiger partial charge in [0.1, 0.15) is 12.3 Å². The second-order valence-electron chi connectivity index (χ2n) is 6.83. The average Bonchev–Trinajstić information content (AvgIpc) is 3.05. The summed E-state index contributed by atoms with van der Waals surface area (Å²) in [7, 11) is 0. The van der Waals surface area contributed by atoms with Crippen molar-refractivity contribution in [2.75, 3.05) is 24.5 Å². The molecule has 0 aromatic heterocycles. The molecule has 0 N–H and O–H groups in total. The number of fused-ring (bicyclic) bond motifs is 1. The minimum atomic E-state index is -1.05. The van der Waals surface area contributed by atoms with E-state index in [4.69, 9.17) is 4.74 Å². The predicted octanol–water partition coefficient (Wildman–Crippen LogP) is 2.02. The molecule has 6 heteroatoms. The zero-order chi connectivity index (χ0) is 17.5. The van der Waals surface area contributed by atoms with Crippen molar-refractivity contribution < 1.29 is 19.1 Å². The summed E-state index contributed by atoms with van der Waals surface area (Å²) in [5.41, 5.74) is -0.0706. The lowest BCUT2D eigenvalue weighted by atomic mass is 10.0. The van der Waals surface area contributed by atoms with Crippen LogP contribution in [0.2, 0.25) is 0 Å². The zero-order valence-electron chi connectivity index (χ0n) is 14.3. The first kappa shape index (κ1) is 16.5. The quantitative estimate of drug-likeness (QED) is 0.795. The molecule has 0 atom stereocenters. The Morgan fingerprint density at radius 2 is 1.88 bits per heavy atom. The van der Waals surface area contributed by atoms with Crippen molar-refractivity contribution in [3.8, 4) is 5.75 Å². The molecule has 1 saturated heterocycles. The van der Waals surface area contributed by atoms with Crippen molar-refractivity contribution >= 4 is 23.3 Å². The van der Waals surface area contributed by atoms with Crippen LogP contribution in [-0.2, 0) is 9.59 Å². The van der Waals surface area contributed by atoms with Gasteiger partial charge < -0.3 is 9.64 Å². The second kappa shape index (κ2) is 5.92. The molecule has 2 aliphatic heterocycles. The molecule has 1 fully saturated rings. The Bertz CT molecular complexity index is 705.